The summed E-state index contributed by atoms with van der Waals surface area (Å²) >= 11 is 0. The molecule has 1 N–H and O–H groups in total. The number of carbonyl (C=O) groups is 1. The Morgan fingerprint density at radius 2 is 2.33 bits per heavy atom. The van der Waals surface area contributed by atoms with Gasteiger partial charge in [0.15, 0.2) is 5.75 Å². The predicted molar refractivity (Wildman–Crippen MR) is 55.9 cm³/mol. The van der Waals surface area contributed by atoms with Gasteiger partial charge in [0.25, 0.3) is 6.43 Å². The van der Waals surface area contributed by atoms with Gasteiger partial charge in [0.1, 0.15) is 11.6 Å². The fraction of sp³-hybridized carbons (Fsp3) is 0.364. The molecule has 0 aromatic carbocycles. The molecule has 0 saturated heterocycles. The van der Waals surface area contributed by atoms with Crippen molar-refractivity contribution in [3.05, 3.63) is 23.0 Å². The van der Waals surface area contributed by atoms with E-state index in [9.17, 15) is 18.7 Å². The molecule has 0 fully saturated rings. The Balaban J connectivity index is 3.11. The zero-order valence-electron chi connectivity index (χ0n) is 9.48. The highest BCUT2D eigenvalue weighted by molar-refractivity contribution is 5.73. The Bertz CT molecular complexity index is 498. The summed E-state index contributed by atoms with van der Waals surface area (Å²) in [6.45, 7) is 1.76. The number of esters is 1. The highest BCUT2D eigenvalue weighted by Gasteiger charge is 2.21. The number of aromatic hydroxyl groups is 1. The van der Waals surface area contributed by atoms with Crippen molar-refractivity contribution in [3.63, 3.8) is 0 Å². The number of nitriles is 1. The number of ether oxygens (including phenoxy) is 1. The van der Waals surface area contributed by atoms with E-state index < -0.39 is 29.3 Å². The summed E-state index contributed by atoms with van der Waals surface area (Å²) in [6.07, 6.45) is -2.52. The summed E-state index contributed by atoms with van der Waals surface area (Å²) in [7, 11) is 0. The summed E-state index contributed by atoms with van der Waals surface area (Å²) < 4.78 is 29.7. The van der Waals surface area contributed by atoms with E-state index in [1.807, 2.05) is 0 Å². The second kappa shape index (κ2) is 5.91. The molecule has 0 saturated carbocycles. The molecule has 1 aromatic rings. The zero-order valence-corrected chi connectivity index (χ0v) is 9.48. The lowest BCUT2D eigenvalue weighted by Gasteiger charge is -2.08. The largest absolute Gasteiger partial charge is 0.505 e. The van der Waals surface area contributed by atoms with Crippen molar-refractivity contribution < 1.29 is 23.4 Å². The van der Waals surface area contributed by atoms with E-state index in [2.05, 4.69) is 9.72 Å². The van der Waals surface area contributed by atoms with Gasteiger partial charge in [-0.05, 0) is 6.92 Å². The Kier molecular flexibility index (Phi) is 4.54. The van der Waals surface area contributed by atoms with E-state index in [0.717, 1.165) is 6.20 Å². The first-order valence-electron chi connectivity index (χ1n) is 5.05. The van der Waals surface area contributed by atoms with Crippen LogP contribution in [0, 0.1) is 11.3 Å². The number of hydrogen-bond donors (Lipinski definition) is 1. The number of carbonyl (C=O) groups excluding carboxylic acids is 1. The van der Waals surface area contributed by atoms with Gasteiger partial charge in [-0.1, -0.05) is 0 Å². The molecule has 5 nitrogen and oxygen atoms in total. The van der Waals surface area contributed by atoms with Crippen molar-refractivity contribution in [2.45, 2.75) is 19.8 Å². The molecule has 0 aliphatic rings. The van der Waals surface area contributed by atoms with Crippen LogP contribution in [0.25, 0.3) is 0 Å². The number of alkyl halides is 2. The summed E-state index contributed by atoms with van der Waals surface area (Å²) in [4.78, 5) is 14.7. The molecule has 7 heteroatoms. The van der Waals surface area contributed by atoms with E-state index in [-0.39, 0.29) is 18.7 Å². The van der Waals surface area contributed by atoms with Gasteiger partial charge in [0.2, 0.25) is 0 Å². The topological polar surface area (TPSA) is 83.2 Å². The predicted octanol–water partition coefficient (Wildman–Crippen LogP) is 1.70. The van der Waals surface area contributed by atoms with Crippen molar-refractivity contribution in [2.24, 2.45) is 0 Å². The summed E-state index contributed by atoms with van der Waals surface area (Å²) in [6, 6.07) is 1.47. The molecule has 0 aliphatic carbocycles. The number of halogens is 2. The number of aromatic nitrogens is 1. The van der Waals surface area contributed by atoms with E-state index in [1.165, 1.54) is 6.07 Å². The zero-order chi connectivity index (χ0) is 13.7. The quantitative estimate of drug-likeness (QED) is 0.829. The van der Waals surface area contributed by atoms with Gasteiger partial charge in [0.05, 0.1) is 24.3 Å². The van der Waals surface area contributed by atoms with E-state index >= 15 is 0 Å². The molecule has 0 atom stereocenters. The van der Waals surface area contributed by atoms with Gasteiger partial charge in [0, 0.05) is 6.20 Å². The maximum Gasteiger partial charge on any atom is 0.312 e. The first-order chi connectivity index (χ1) is 8.51. The van der Waals surface area contributed by atoms with Crippen LogP contribution in [-0.4, -0.2) is 22.7 Å². The van der Waals surface area contributed by atoms with Crippen LogP contribution >= 0.6 is 0 Å². The van der Waals surface area contributed by atoms with E-state index in [0.29, 0.717) is 0 Å². The summed E-state index contributed by atoms with van der Waals surface area (Å²) in [5.74, 6) is -1.36. The van der Waals surface area contributed by atoms with Crippen LogP contribution in [0.1, 0.15) is 30.2 Å². The highest BCUT2D eigenvalue weighted by atomic mass is 19.3. The minimum absolute atomic E-state index is 0.153. The van der Waals surface area contributed by atoms with Crippen LogP contribution in [0.3, 0.4) is 0 Å². The van der Waals surface area contributed by atoms with Crippen molar-refractivity contribution in [2.75, 3.05) is 6.61 Å². The van der Waals surface area contributed by atoms with Crippen LogP contribution < -0.4 is 0 Å². The van der Waals surface area contributed by atoms with Crippen LogP contribution in [-0.2, 0) is 16.0 Å². The molecule has 1 heterocycles. The minimum atomic E-state index is -2.92. The Morgan fingerprint density at radius 1 is 1.67 bits per heavy atom. The first-order valence-corrected chi connectivity index (χ1v) is 5.05. The summed E-state index contributed by atoms with van der Waals surface area (Å²) in [5.41, 5.74) is -1.39. The summed E-state index contributed by atoms with van der Waals surface area (Å²) in [5, 5.41) is 18.3. The van der Waals surface area contributed by atoms with Crippen molar-refractivity contribution in [1.82, 2.24) is 4.98 Å². The molecule has 0 aliphatic heterocycles. The average Bonchev–Trinajstić information content (AvgIpc) is 2.31. The van der Waals surface area contributed by atoms with Gasteiger partial charge < -0.3 is 9.84 Å². The lowest BCUT2D eigenvalue weighted by atomic mass is 10.1. The maximum absolute atomic E-state index is 12.5. The molecule has 0 amide bonds. The lowest BCUT2D eigenvalue weighted by Crippen LogP contribution is -2.10. The monoisotopic (exact) mass is 256 g/mol. The van der Waals surface area contributed by atoms with Gasteiger partial charge in [-0.3, -0.25) is 9.78 Å². The van der Waals surface area contributed by atoms with Crippen LogP contribution in [0.4, 0.5) is 8.78 Å². The first kappa shape index (κ1) is 13.8. The smallest absolute Gasteiger partial charge is 0.312 e. The third-order valence-electron chi connectivity index (χ3n) is 2.12. The standard InChI is InChI=1S/C11H10F2N2O3/c1-2-18-9(16)3-8-10(17)6(4-14)7(5-15-8)11(12)13/h5,11,17H,2-3H2,1H3. The van der Waals surface area contributed by atoms with Crippen molar-refractivity contribution in [1.29, 1.82) is 5.26 Å². The van der Waals surface area contributed by atoms with Gasteiger partial charge in [-0.15, -0.1) is 0 Å². The number of nitrogens with zero attached hydrogens (tertiary/aromatic N) is 2. The van der Waals surface area contributed by atoms with Crippen LogP contribution in [0.5, 0.6) is 5.75 Å². The number of hydrogen-bond acceptors (Lipinski definition) is 5. The SMILES string of the molecule is CCOC(=O)Cc1ncc(C(F)F)c(C#N)c1O. The second-order valence-electron chi connectivity index (χ2n) is 3.28. The minimum Gasteiger partial charge on any atom is -0.505 e. The van der Waals surface area contributed by atoms with Gasteiger partial charge in [-0.25, -0.2) is 8.78 Å². The normalized spacial score (nSPS) is 10.2. The maximum atomic E-state index is 12.5. The number of pyridine rings is 1. The van der Waals surface area contributed by atoms with Crippen molar-refractivity contribution in [3.8, 4) is 11.8 Å². The molecule has 0 spiro atoms. The number of rotatable bonds is 4. The molecule has 0 bridgehead atoms. The second-order valence-corrected chi connectivity index (χ2v) is 3.28. The molecule has 18 heavy (non-hydrogen) atoms. The molecule has 0 radical (unpaired) electrons. The van der Waals surface area contributed by atoms with Gasteiger partial charge >= 0.3 is 5.97 Å². The molecular formula is C11H10F2N2O3. The fourth-order valence-electron chi connectivity index (χ4n) is 1.32. The van der Waals surface area contributed by atoms with E-state index in [4.69, 9.17) is 5.26 Å². The third kappa shape index (κ3) is 2.91. The Hall–Kier alpha value is -2.23. The molecule has 1 rings (SSSR count). The fourth-order valence-corrected chi connectivity index (χ4v) is 1.32. The van der Waals surface area contributed by atoms with Gasteiger partial charge in [-0.2, -0.15) is 5.26 Å². The molecular weight excluding hydrogens is 246 g/mol. The average molecular weight is 256 g/mol. The Labute approximate surface area is 102 Å². The van der Waals surface area contributed by atoms with Crippen LogP contribution in [0.15, 0.2) is 6.20 Å². The molecule has 0 unspecified atom stereocenters. The third-order valence-corrected chi connectivity index (χ3v) is 2.12. The molecule has 1 aromatic heterocycles. The highest BCUT2D eigenvalue weighted by Crippen LogP contribution is 2.30. The lowest BCUT2D eigenvalue weighted by molar-refractivity contribution is -0.142. The Morgan fingerprint density at radius 3 is 2.83 bits per heavy atom. The molecule has 96 valence electrons. The van der Waals surface area contributed by atoms with Crippen LogP contribution in [0.2, 0.25) is 0 Å². The van der Waals surface area contributed by atoms with Crippen molar-refractivity contribution >= 4 is 5.97 Å². The van der Waals surface area contributed by atoms with E-state index in [1.54, 1.807) is 6.92 Å².